The predicted molar refractivity (Wildman–Crippen MR) is 64.9 cm³/mol. The summed E-state index contributed by atoms with van der Waals surface area (Å²) in [7, 11) is -3.86. The molecule has 0 atom stereocenters. The van der Waals surface area contributed by atoms with E-state index in [2.05, 4.69) is 18.5 Å². The Labute approximate surface area is 97.0 Å². The summed E-state index contributed by atoms with van der Waals surface area (Å²) in [6.07, 6.45) is 4.03. The monoisotopic (exact) mass is 253 g/mol. The highest BCUT2D eigenvalue weighted by atomic mass is 32.2. The molecule has 0 aliphatic rings. The Morgan fingerprint density at radius 2 is 1.69 bits per heavy atom. The van der Waals surface area contributed by atoms with Crippen LogP contribution in [0.4, 0.5) is 4.39 Å². The van der Waals surface area contributed by atoms with Gasteiger partial charge in [-0.15, -0.1) is 13.2 Å². The van der Waals surface area contributed by atoms with Gasteiger partial charge in [0.1, 0.15) is 0 Å². The summed E-state index contributed by atoms with van der Waals surface area (Å²) >= 11 is 0. The van der Waals surface area contributed by atoms with Crippen molar-refractivity contribution < 1.29 is 17.4 Å². The van der Waals surface area contributed by atoms with Gasteiger partial charge in [-0.25, -0.2) is 0 Å². The van der Waals surface area contributed by atoms with Gasteiger partial charge in [-0.1, -0.05) is 12.2 Å². The molecule has 0 aromatic rings. The topological polar surface area (TPSA) is 66.4 Å². The number of nitrogens with one attached hydrogen (secondary N) is 1. The van der Waals surface area contributed by atoms with Crippen molar-refractivity contribution in [3.05, 3.63) is 25.3 Å². The van der Waals surface area contributed by atoms with Gasteiger partial charge >= 0.3 is 0 Å². The zero-order valence-electron chi connectivity index (χ0n) is 9.36. The summed E-state index contributed by atoms with van der Waals surface area (Å²) in [5.41, 5.74) is 0. The lowest BCUT2D eigenvalue weighted by Gasteiger charge is -1.91. The minimum Gasteiger partial charge on any atom is -0.310 e. The van der Waals surface area contributed by atoms with Gasteiger partial charge in [0, 0.05) is 13.1 Å². The summed E-state index contributed by atoms with van der Waals surface area (Å²) in [5, 5.41) is 3.05. The van der Waals surface area contributed by atoms with Gasteiger partial charge in [-0.2, -0.15) is 8.42 Å². The first-order valence-corrected chi connectivity index (χ1v) is 6.52. The van der Waals surface area contributed by atoms with Crippen LogP contribution in [0.5, 0.6) is 0 Å². The zero-order chi connectivity index (χ0) is 12.9. The molecule has 0 rings (SSSR count). The normalized spacial score (nSPS) is 10.1. The number of hydrogen-bond donors (Lipinski definition) is 2. The van der Waals surface area contributed by atoms with E-state index in [9.17, 15) is 12.8 Å². The van der Waals surface area contributed by atoms with Crippen LogP contribution >= 0.6 is 0 Å². The van der Waals surface area contributed by atoms with E-state index in [1.54, 1.807) is 0 Å². The van der Waals surface area contributed by atoms with Crippen LogP contribution < -0.4 is 5.32 Å². The summed E-state index contributed by atoms with van der Waals surface area (Å²) in [4.78, 5) is 0. The molecule has 16 heavy (non-hydrogen) atoms. The molecule has 6 heteroatoms. The van der Waals surface area contributed by atoms with Crippen molar-refractivity contribution in [2.24, 2.45) is 0 Å². The van der Waals surface area contributed by atoms with Crippen molar-refractivity contribution >= 4 is 10.1 Å². The highest BCUT2D eigenvalue weighted by Crippen LogP contribution is 1.93. The molecule has 0 aliphatic carbocycles. The Kier molecular flexibility index (Phi) is 13.6. The van der Waals surface area contributed by atoms with Crippen LogP contribution in [-0.2, 0) is 10.1 Å². The second-order valence-electron chi connectivity index (χ2n) is 2.92. The Bertz CT molecular complexity index is 257. The van der Waals surface area contributed by atoms with E-state index in [1.165, 1.54) is 0 Å². The third kappa shape index (κ3) is 23.3. The van der Waals surface area contributed by atoms with Crippen molar-refractivity contribution in [3.63, 3.8) is 0 Å². The molecule has 0 radical (unpaired) electrons. The molecule has 4 nitrogen and oxygen atoms in total. The molecule has 0 heterocycles. The lowest BCUT2D eigenvalue weighted by atomic mass is 10.4. The summed E-state index contributed by atoms with van der Waals surface area (Å²) < 4.78 is 39.3. The maximum absolute atomic E-state index is 11.3. The van der Waals surface area contributed by atoms with E-state index in [-0.39, 0.29) is 18.6 Å². The minimum atomic E-state index is -3.86. The third-order valence-electron chi connectivity index (χ3n) is 1.36. The molecule has 0 aromatic carbocycles. The molecule has 0 spiro atoms. The molecule has 0 amide bonds. The smallest absolute Gasteiger partial charge is 0.264 e. The molecular formula is C10H20FNO3S. The van der Waals surface area contributed by atoms with E-state index in [0.29, 0.717) is 0 Å². The Morgan fingerprint density at radius 1 is 1.19 bits per heavy atom. The minimum absolute atomic E-state index is 0.190. The quantitative estimate of drug-likeness (QED) is 0.391. The van der Waals surface area contributed by atoms with Crippen LogP contribution in [-0.4, -0.2) is 38.5 Å². The Balaban J connectivity index is 0. The Morgan fingerprint density at radius 3 is 2.00 bits per heavy atom. The summed E-state index contributed by atoms with van der Waals surface area (Å²) in [6.45, 7) is 8.27. The van der Waals surface area contributed by atoms with Crippen LogP contribution in [0, 0.1) is 0 Å². The van der Waals surface area contributed by atoms with Crippen LogP contribution in [0.1, 0.15) is 12.8 Å². The largest absolute Gasteiger partial charge is 0.310 e. The molecule has 0 saturated carbocycles. The van der Waals surface area contributed by atoms with Crippen molar-refractivity contribution in [3.8, 4) is 0 Å². The van der Waals surface area contributed by atoms with Gasteiger partial charge in [-0.05, 0) is 12.8 Å². The second kappa shape index (κ2) is 12.4. The first-order valence-electron chi connectivity index (χ1n) is 4.91. The highest BCUT2D eigenvalue weighted by Gasteiger charge is 2.01. The molecule has 0 aliphatic heterocycles. The maximum Gasteiger partial charge on any atom is 0.264 e. The van der Waals surface area contributed by atoms with E-state index >= 15 is 0 Å². The van der Waals surface area contributed by atoms with Gasteiger partial charge in [0.05, 0.1) is 12.4 Å². The average molecular weight is 253 g/mol. The predicted octanol–water partition coefficient (Wildman–Crippen LogP) is 1.57. The highest BCUT2D eigenvalue weighted by molar-refractivity contribution is 7.85. The van der Waals surface area contributed by atoms with E-state index < -0.39 is 16.8 Å². The SMILES string of the molecule is C=CCNCC=C.O=S(=O)(O)CCCCF. The van der Waals surface area contributed by atoms with Gasteiger partial charge < -0.3 is 5.32 Å². The van der Waals surface area contributed by atoms with E-state index in [1.807, 2.05) is 12.2 Å². The Hall–Kier alpha value is -0.720. The molecule has 0 aromatic heterocycles. The molecule has 0 saturated heterocycles. The fourth-order valence-electron chi connectivity index (χ4n) is 0.666. The average Bonchev–Trinajstić information content (AvgIpc) is 2.18. The standard InChI is InChI=1S/C6H11N.C4H9FO3S/c1-3-5-7-6-4-2;5-3-1-2-4-9(6,7)8/h3-4,7H,1-2,5-6H2;1-4H2,(H,6,7,8). The lowest BCUT2D eigenvalue weighted by Crippen LogP contribution is -2.11. The van der Waals surface area contributed by atoms with E-state index in [4.69, 9.17) is 4.55 Å². The number of rotatable bonds is 8. The van der Waals surface area contributed by atoms with Crippen molar-refractivity contribution in [2.75, 3.05) is 25.5 Å². The molecular weight excluding hydrogens is 233 g/mol. The molecule has 0 fully saturated rings. The zero-order valence-corrected chi connectivity index (χ0v) is 10.2. The maximum atomic E-state index is 11.3. The first-order chi connectivity index (χ1) is 7.47. The van der Waals surface area contributed by atoms with Gasteiger partial charge in [-0.3, -0.25) is 8.94 Å². The van der Waals surface area contributed by atoms with Crippen molar-refractivity contribution in [1.29, 1.82) is 0 Å². The fourth-order valence-corrected chi connectivity index (χ4v) is 1.24. The second-order valence-corrected chi connectivity index (χ2v) is 4.49. The number of halogens is 1. The number of alkyl halides is 1. The molecule has 2 N–H and O–H groups in total. The van der Waals surface area contributed by atoms with Crippen LogP contribution in [0.25, 0.3) is 0 Å². The summed E-state index contributed by atoms with van der Waals surface area (Å²) in [5.74, 6) is -0.336. The number of unbranched alkanes of at least 4 members (excludes halogenated alkanes) is 1. The molecule has 0 unspecified atom stereocenters. The van der Waals surface area contributed by atoms with Gasteiger partial charge in [0.25, 0.3) is 10.1 Å². The lowest BCUT2D eigenvalue weighted by molar-refractivity contribution is 0.456. The van der Waals surface area contributed by atoms with Crippen LogP contribution in [0.15, 0.2) is 25.3 Å². The van der Waals surface area contributed by atoms with Crippen LogP contribution in [0.2, 0.25) is 0 Å². The molecule has 0 bridgehead atoms. The van der Waals surface area contributed by atoms with Crippen molar-refractivity contribution in [2.45, 2.75) is 12.8 Å². The third-order valence-corrected chi connectivity index (χ3v) is 2.17. The first kappa shape index (κ1) is 17.7. The van der Waals surface area contributed by atoms with E-state index in [0.717, 1.165) is 13.1 Å². The summed E-state index contributed by atoms with van der Waals surface area (Å²) in [6, 6.07) is 0. The van der Waals surface area contributed by atoms with Crippen LogP contribution in [0.3, 0.4) is 0 Å². The molecule has 96 valence electrons. The van der Waals surface area contributed by atoms with Gasteiger partial charge in [0.2, 0.25) is 0 Å². The fraction of sp³-hybridized carbons (Fsp3) is 0.600. The number of hydrogen-bond acceptors (Lipinski definition) is 3. The van der Waals surface area contributed by atoms with Crippen molar-refractivity contribution in [1.82, 2.24) is 5.32 Å². The van der Waals surface area contributed by atoms with Gasteiger partial charge in [0.15, 0.2) is 0 Å².